The van der Waals surface area contributed by atoms with Gasteiger partial charge in [-0.1, -0.05) is 6.07 Å². The molecule has 10 nitrogen and oxygen atoms in total. The van der Waals surface area contributed by atoms with Crippen LogP contribution in [0.2, 0.25) is 0 Å². The quantitative estimate of drug-likeness (QED) is 0.480. The molecule has 0 atom stereocenters. The van der Waals surface area contributed by atoms with Crippen LogP contribution in [0, 0.1) is 10.1 Å². The smallest absolute Gasteiger partial charge is 0.270 e. The number of hydrogen-bond donors (Lipinski definition) is 1. The fourth-order valence-electron chi connectivity index (χ4n) is 3.38. The van der Waals surface area contributed by atoms with Crippen LogP contribution in [-0.4, -0.2) is 56.6 Å². The fourth-order valence-corrected chi connectivity index (χ4v) is 4.70. The Morgan fingerprint density at radius 1 is 1.16 bits per heavy atom. The second-order valence-electron chi connectivity index (χ2n) is 6.94. The first-order valence-electron chi connectivity index (χ1n) is 9.49. The number of carbonyl (C=O) groups excluding carboxylic acids is 1. The number of methoxy groups -OCH3 is 2. The standard InChI is InChI=1S/C20H23N3O7S/c1-29-18-11-14-6-8-22(13-16(14)12-19(18)30-2)31(27,28)9-7-21-20(24)15-4-3-5-17(10-15)23(25)26/h3-5,10-12H,6-9,13H2,1-2H3,(H,21,24). The summed E-state index contributed by atoms with van der Waals surface area (Å²) < 4.78 is 37.5. The summed E-state index contributed by atoms with van der Waals surface area (Å²) in [4.78, 5) is 22.4. The van der Waals surface area contributed by atoms with Crippen LogP contribution in [0.4, 0.5) is 5.69 Å². The number of nitro benzene ring substituents is 1. The summed E-state index contributed by atoms with van der Waals surface area (Å²) in [6.45, 7) is 0.416. The number of hydrogen-bond acceptors (Lipinski definition) is 7. The number of benzene rings is 2. The van der Waals surface area contributed by atoms with Crippen molar-refractivity contribution in [2.24, 2.45) is 0 Å². The Morgan fingerprint density at radius 3 is 2.48 bits per heavy atom. The molecular weight excluding hydrogens is 426 g/mol. The average Bonchev–Trinajstić information content (AvgIpc) is 2.77. The van der Waals surface area contributed by atoms with Crippen LogP contribution in [-0.2, 0) is 23.0 Å². The minimum atomic E-state index is -3.62. The van der Waals surface area contributed by atoms with E-state index in [0.29, 0.717) is 24.5 Å². The molecule has 1 aliphatic rings. The number of sulfonamides is 1. The number of nitrogens with zero attached hydrogens (tertiary/aromatic N) is 2. The number of amides is 1. The van der Waals surface area contributed by atoms with E-state index in [2.05, 4.69) is 5.32 Å². The van der Waals surface area contributed by atoms with Gasteiger partial charge in [-0.25, -0.2) is 8.42 Å². The Kier molecular flexibility index (Phi) is 6.76. The molecule has 0 saturated heterocycles. The highest BCUT2D eigenvalue weighted by Crippen LogP contribution is 2.33. The lowest BCUT2D eigenvalue weighted by molar-refractivity contribution is -0.384. The first kappa shape index (κ1) is 22.5. The molecule has 1 heterocycles. The summed E-state index contributed by atoms with van der Waals surface area (Å²) in [5, 5.41) is 13.3. The van der Waals surface area contributed by atoms with Crippen LogP contribution in [0.15, 0.2) is 36.4 Å². The van der Waals surface area contributed by atoms with Crippen molar-refractivity contribution in [2.75, 3.05) is 33.1 Å². The van der Waals surface area contributed by atoms with Gasteiger partial charge in [-0.05, 0) is 35.7 Å². The average molecular weight is 449 g/mol. The molecule has 31 heavy (non-hydrogen) atoms. The molecule has 1 amide bonds. The van der Waals surface area contributed by atoms with Gasteiger partial charge in [-0.15, -0.1) is 0 Å². The molecule has 0 fully saturated rings. The molecular formula is C20H23N3O7S. The predicted molar refractivity (Wildman–Crippen MR) is 113 cm³/mol. The van der Waals surface area contributed by atoms with Crippen molar-refractivity contribution < 1.29 is 27.6 Å². The maximum absolute atomic E-state index is 12.8. The molecule has 2 aromatic rings. The number of rotatable bonds is 8. The third kappa shape index (κ3) is 5.12. The largest absolute Gasteiger partial charge is 0.493 e. The van der Waals surface area contributed by atoms with Crippen LogP contribution in [0.25, 0.3) is 0 Å². The first-order chi connectivity index (χ1) is 14.7. The molecule has 1 N–H and O–H groups in total. The van der Waals surface area contributed by atoms with E-state index in [9.17, 15) is 23.3 Å². The number of fused-ring (bicyclic) bond motifs is 1. The Hall–Kier alpha value is -3.18. The van der Waals surface area contributed by atoms with Crippen molar-refractivity contribution in [1.29, 1.82) is 0 Å². The van der Waals surface area contributed by atoms with Crippen molar-refractivity contribution in [3.63, 3.8) is 0 Å². The maximum atomic E-state index is 12.8. The van der Waals surface area contributed by atoms with Crippen molar-refractivity contribution in [3.8, 4) is 11.5 Å². The van der Waals surface area contributed by atoms with Crippen molar-refractivity contribution in [2.45, 2.75) is 13.0 Å². The van der Waals surface area contributed by atoms with Gasteiger partial charge < -0.3 is 14.8 Å². The molecule has 0 radical (unpaired) electrons. The number of ether oxygens (including phenoxy) is 2. The Labute approximate surface area is 180 Å². The van der Waals surface area contributed by atoms with Gasteiger partial charge in [0.05, 0.1) is 24.9 Å². The zero-order valence-electron chi connectivity index (χ0n) is 17.2. The molecule has 11 heteroatoms. The minimum absolute atomic E-state index is 0.0968. The SMILES string of the molecule is COc1cc2c(cc1OC)CN(S(=O)(=O)CCNC(=O)c1cccc([N+](=O)[O-])c1)CC2. The monoisotopic (exact) mass is 449 g/mol. The van der Waals surface area contributed by atoms with Crippen molar-refractivity contribution >= 4 is 21.6 Å². The zero-order valence-corrected chi connectivity index (χ0v) is 18.0. The highest BCUT2D eigenvalue weighted by molar-refractivity contribution is 7.89. The van der Waals surface area contributed by atoms with Crippen LogP contribution in [0.3, 0.4) is 0 Å². The van der Waals surface area contributed by atoms with Gasteiger partial charge in [0, 0.05) is 37.3 Å². The third-order valence-corrected chi connectivity index (χ3v) is 6.86. The molecule has 0 aromatic heterocycles. The summed E-state index contributed by atoms with van der Waals surface area (Å²) in [6, 6.07) is 8.89. The van der Waals surface area contributed by atoms with Gasteiger partial charge in [0.15, 0.2) is 11.5 Å². The lowest BCUT2D eigenvalue weighted by Gasteiger charge is -2.29. The van der Waals surface area contributed by atoms with Gasteiger partial charge >= 0.3 is 0 Å². The first-order valence-corrected chi connectivity index (χ1v) is 11.1. The van der Waals surface area contributed by atoms with E-state index in [4.69, 9.17) is 9.47 Å². The van der Waals surface area contributed by atoms with Gasteiger partial charge in [0.2, 0.25) is 10.0 Å². The lowest BCUT2D eigenvalue weighted by Crippen LogP contribution is -2.40. The molecule has 2 aromatic carbocycles. The van der Waals surface area contributed by atoms with E-state index >= 15 is 0 Å². The van der Waals surface area contributed by atoms with Crippen molar-refractivity contribution in [3.05, 3.63) is 63.2 Å². The minimum Gasteiger partial charge on any atom is -0.493 e. The molecule has 166 valence electrons. The fraction of sp³-hybridized carbons (Fsp3) is 0.350. The molecule has 0 bridgehead atoms. The van der Waals surface area contributed by atoms with E-state index in [1.165, 1.54) is 29.6 Å². The molecule has 0 unspecified atom stereocenters. The maximum Gasteiger partial charge on any atom is 0.270 e. The van der Waals surface area contributed by atoms with E-state index in [0.717, 1.165) is 17.2 Å². The predicted octanol–water partition coefficient (Wildman–Crippen LogP) is 1.73. The van der Waals surface area contributed by atoms with Gasteiger partial charge in [-0.3, -0.25) is 14.9 Å². The number of carbonyl (C=O) groups is 1. The number of non-ortho nitro benzene ring substituents is 1. The normalized spacial score (nSPS) is 13.9. The van der Waals surface area contributed by atoms with Gasteiger partial charge in [-0.2, -0.15) is 4.31 Å². The Bertz CT molecular complexity index is 1100. The Morgan fingerprint density at radius 2 is 1.84 bits per heavy atom. The second kappa shape index (κ2) is 9.31. The summed E-state index contributed by atoms with van der Waals surface area (Å²) in [5.74, 6) is 0.280. The topological polar surface area (TPSA) is 128 Å². The number of nitro groups is 1. The van der Waals surface area contributed by atoms with E-state index < -0.39 is 20.9 Å². The summed E-state index contributed by atoms with van der Waals surface area (Å²) in [5.41, 5.74) is 1.73. The van der Waals surface area contributed by atoms with Gasteiger partial charge in [0.1, 0.15) is 0 Å². The Balaban J connectivity index is 1.62. The van der Waals surface area contributed by atoms with Crippen LogP contribution in [0.1, 0.15) is 21.5 Å². The molecule has 0 spiro atoms. The molecule has 0 aliphatic carbocycles. The second-order valence-corrected chi connectivity index (χ2v) is 9.03. The lowest BCUT2D eigenvalue weighted by atomic mass is 10.0. The summed E-state index contributed by atoms with van der Waals surface area (Å²) in [6.07, 6.45) is 0.537. The third-order valence-electron chi connectivity index (χ3n) is 5.04. The zero-order chi connectivity index (χ0) is 22.6. The highest BCUT2D eigenvalue weighted by atomic mass is 32.2. The molecule has 0 saturated carbocycles. The van der Waals surface area contributed by atoms with Crippen molar-refractivity contribution in [1.82, 2.24) is 9.62 Å². The highest BCUT2D eigenvalue weighted by Gasteiger charge is 2.28. The van der Waals surface area contributed by atoms with Gasteiger partial charge in [0.25, 0.3) is 11.6 Å². The van der Waals surface area contributed by atoms with E-state index in [1.807, 2.05) is 6.07 Å². The molecule has 1 aliphatic heterocycles. The van der Waals surface area contributed by atoms with Crippen LogP contribution >= 0.6 is 0 Å². The summed E-state index contributed by atoms with van der Waals surface area (Å²) in [7, 11) is -0.556. The van der Waals surface area contributed by atoms with E-state index in [1.54, 1.807) is 13.2 Å². The molecule has 3 rings (SSSR count). The van der Waals surface area contributed by atoms with Crippen LogP contribution < -0.4 is 14.8 Å². The van der Waals surface area contributed by atoms with Crippen LogP contribution in [0.5, 0.6) is 11.5 Å². The summed E-state index contributed by atoms with van der Waals surface area (Å²) >= 11 is 0. The number of nitrogens with one attached hydrogen (secondary N) is 1. The van der Waals surface area contributed by atoms with E-state index in [-0.39, 0.29) is 30.1 Å².